The highest BCUT2D eigenvalue weighted by molar-refractivity contribution is 5.96. The summed E-state index contributed by atoms with van der Waals surface area (Å²) in [6.07, 6.45) is 0.702. The van der Waals surface area contributed by atoms with Crippen molar-refractivity contribution in [1.82, 2.24) is 10.6 Å². The smallest absolute Gasteiger partial charge is 0.325 e. The van der Waals surface area contributed by atoms with Crippen LogP contribution in [0.25, 0.3) is 0 Å². The molecule has 2 rings (SSSR count). The van der Waals surface area contributed by atoms with Crippen molar-refractivity contribution in [1.29, 1.82) is 0 Å². The summed E-state index contributed by atoms with van der Waals surface area (Å²) in [5.41, 5.74) is 1.57. The second-order valence-corrected chi connectivity index (χ2v) is 5.29. The van der Waals surface area contributed by atoms with Crippen LogP contribution in [0.4, 0.5) is 0 Å². The Balaban J connectivity index is 1.59. The van der Waals surface area contributed by atoms with Crippen molar-refractivity contribution >= 4 is 17.8 Å². The molecule has 0 heterocycles. The number of carbonyl (C=O) groups is 3. The van der Waals surface area contributed by atoms with Crippen LogP contribution in [0.5, 0.6) is 0 Å². The largest absolute Gasteiger partial charge is 0.454 e. The number of hydrogen-bond acceptors (Lipinski definition) is 4. The van der Waals surface area contributed by atoms with Crippen LogP contribution in [0.3, 0.4) is 0 Å². The molecule has 0 radical (unpaired) electrons. The van der Waals surface area contributed by atoms with Crippen molar-refractivity contribution in [3.8, 4) is 0 Å². The maximum absolute atomic E-state index is 11.8. The summed E-state index contributed by atoms with van der Waals surface area (Å²) in [5, 5.41) is 5.12. The molecule has 6 nitrogen and oxygen atoms in total. The molecule has 0 aliphatic rings. The minimum atomic E-state index is -0.664. The normalized spacial score (nSPS) is 9.92. The minimum Gasteiger partial charge on any atom is -0.454 e. The highest BCUT2D eigenvalue weighted by Gasteiger charge is 2.10. The predicted octanol–water partition coefficient (Wildman–Crippen LogP) is 1.32. The van der Waals surface area contributed by atoms with Crippen LogP contribution < -0.4 is 10.6 Å². The lowest BCUT2D eigenvalue weighted by Gasteiger charge is -2.08. The average Bonchev–Trinajstić information content (AvgIpc) is 2.66. The summed E-state index contributed by atoms with van der Waals surface area (Å²) in [6.45, 7) is -0.189. The van der Waals surface area contributed by atoms with Gasteiger partial charge in [0.2, 0.25) is 0 Å². The van der Waals surface area contributed by atoms with Crippen LogP contribution in [-0.2, 0) is 20.7 Å². The molecule has 0 aliphatic heterocycles. The Morgan fingerprint density at radius 1 is 0.840 bits per heavy atom. The fourth-order valence-electron chi connectivity index (χ4n) is 2.08. The first kappa shape index (κ1) is 18.2. The van der Waals surface area contributed by atoms with E-state index in [0.29, 0.717) is 18.5 Å². The molecule has 0 spiro atoms. The number of nitrogens with one attached hydrogen (secondary N) is 2. The van der Waals surface area contributed by atoms with Crippen molar-refractivity contribution in [2.45, 2.75) is 6.42 Å². The number of esters is 1. The highest BCUT2D eigenvalue weighted by Crippen LogP contribution is 1.98. The Kier molecular flexibility index (Phi) is 7.18. The van der Waals surface area contributed by atoms with Gasteiger partial charge in [-0.05, 0) is 24.1 Å². The van der Waals surface area contributed by atoms with Crippen LogP contribution in [0.1, 0.15) is 15.9 Å². The van der Waals surface area contributed by atoms with Crippen LogP contribution in [0.2, 0.25) is 0 Å². The molecule has 6 heteroatoms. The monoisotopic (exact) mass is 340 g/mol. The summed E-state index contributed by atoms with van der Waals surface area (Å²) in [6, 6.07) is 18.3. The lowest BCUT2D eigenvalue weighted by Crippen LogP contribution is -2.34. The van der Waals surface area contributed by atoms with E-state index >= 15 is 0 Å². The van der Waals surface area contributed by atoms with E-state index in [1.54, 1.807) is 30.3 Å². The van der Waals surface area contributed by atoms with E-state index in [0.717, 1.165) is 5.56 Å². The van der Waals surface area contributed by atoms with Gasteiger partial charge in [-0.25, -0.2) is 0 Å². The second-order valence-electron chi connectivity index (χ2n) is 5.29. The van der Waals surface area contributed by atoms with Gasteiger partial charge in [-0.2, -0.15) is 0 Å². The first-order chi connectivity index (χ1) is 12.1. The second kappa shape index (κ2) is 9.87. The van der Waals surface area contributed by atoms with Crippen molar-refractivity contribution < 1.29 is 19.1 Å². The third-order valence-electron chi connectivity index (χ3n) is 3.37. The van der Waals surface area contributed by atoms with E-state index < -0.39 is 5.97 Å². The molecule has 2 aromatic carbocycles. The molecule has 0 saturated heterocycles. The highest BCUT2D eigenvalue weighted by atomic mass is 16.5. The fourth-order valence-corrected chi connectivity index (χ4v) is 2.08. The SMILES string of the molecule is O=C(COC(=O)CNC(=O)c1ccccc1)NCCc1ccccc1. The van der Waals surface area contributed by atoms with Crippen molar-refractivity contribution in [2.75, 3.05) is 19.7 Å². The minimum absolute atomic E-state index is 0.287. The molecule has 0 atom stereocenters. The molecule has 2 N–H and O–H groups in total. The average molecular weight is 340 g/mol. The van der Waals surface area contributed by atoms with Crippen molar-refractivity contribution in [3.63, 3.8) is 0 Å². The Hall–Kier alpha value is -3.15. The lowest BCUT2D eigenvalue weighted by molar-refractivity contribution is -0.147. The van der Waals surface area contributed by atoms with E-state index in [2.05, 4.69) is 10.6 Å². The number of hydrogen-bond donors (Lipinski definition) is 2. The topological polar surface area (TPSA) is 84.5 Å². The molecule has 25 heavy (non-hydrogen) atoms. The van der Waals surface area contributed by atoms with Gasteiger partial charge < -0.3 is 15.4 Å². The quantitative estimate of drug-likeness (QED) is 0.710. The van der Waals surface area contributed by atoms with E-state index in [4.69, 9.17) is 4.74 Å². The fraction of sp³-hybridized carbons (Fsp3) is 0.211. The molecular formula is C19H20N2O4. The standard InChI is InChI=1S/C19H20N2O4/c22-17(20-12-11-15-7-3-1-4-8-15)14-25-18(23)13-21-19(24)16-9-5-2-6-10-16/h1-10H,11-14H2,(H,20,22)(H,21,24). The van der Waals surface area contributed by atoms with E-state index in [1.807, 2.05) is 30.3 Å². The van der Waals surface area contributed by atoms with Gasteiger partial charge in [0.05, 0.1) is 0 Å². The molecule has 130 valence electrons. The van der Waals surface area contributed by atoms with Gasteiger partial charge in [0.1, 0.15) is 6.54 Å². The molecular weight excluding hydrogens is 320 g/mol. The zero-order chi connectivity index (χ0) is 17.9. The van der Waals surface area contributed by atoms with Crippen LogP contribution >= 0.6 is 0 Å². The van der Waals surface area contributed by atoms with Crippen molar-refractivity contribution in [3.05, 3.63) is 71.8 Å². The molecule has 0 bridgehead atoms. The van der Waals surface area contributed by atoms with Crippen LogP contribution in [-0.4, -0.2) is 37.5 Å². The van der Waals surface area contributed by atoms with E-state index in [-0.39, 0.29) is 25.0 Å². The first-order valence-electron chi connectivity index (χ1n) is 7.94. The Morgan fingerprint density at radius 2 is 1.48 bits per heavy atom. The van der Waals surface area contributed by atoms with Gasteiger partial charge in [-0.1, -0.05) is 48.5 Å². The van der Waals surface area contributed by atoms with Crippen molar-refractivity contribution in [2.24, 2.45) is 0 Å². The maximum Gasteiger partial charge on any atom is 0.325 e. The summed E-state index contributed by atoms with van der Waals surface area (Å²) in [4.78, 5) is 34.9. The summed E-state index contributed by atoms with van der Waals surface area (Å²) in [7, 11) is 0. The van der Waals surface area contributed by atoms with E-state index in [9.17, 15) is 14.4 Å². The summed E-state index contributed by atoms with van der Waals surface area (Å²) >= 11 is 0. The lowest BCUT2D eigenvalue weighted by atomic mass is 10.1. The summed E-state index contributed by atoms with van der Waals surface area (Å²) in [5.74, 6) is -1.41. The predicted molar refractivity (Wildman–Crippen MR) is 92.9 cm³/mol. The maximum atomic E-state index is 11.8. The zero-order valence-corrected chi connectivity index (χ0v) is 13.7. The third-order valence-corrected chi connectivity index (χ3v) is 3.37. The molecule has 0 unspecified atom stereocenters. The van der Waals surface area contributed by atoms with Gasteiger partial charge in [0.15, 0.2) is 6.61 Å². The Bertz CT molecular complexity index is 702. The van der Waals surface area contributed by atoms with Gasteiger partial charge in [-0.15, -0.1) is 0 Å². The molecule has 2 amide bonds. The number of rotatable bonds is 8. The third kappa shape index (κ3) is 6.87. The molecule has 2 aromatic rings. The number of benzene rings is 2. The number of ether oxygens (including phenoxy) is 1. The zero-order valence-electron chi connectivity index (χ0n) is 13.7. The molecule has 0 aliphatic carbocycles. The van der Waals surface area contributed by atoms with Gasteiger partial charge in [0, 0.05) is 12.1 Å². The van der Waals surface area contributed by atoms with Crippen LogP contribution in [0, 0.1) is 0 Å². The first-order valence-corrected chi connectivity index (χ1v) is 7.94. The number of carbonyl (C=O) groups excluding carboxylic acids is 3. The molecule has 0 fully saturated rings. The van der Waals surface area contributed by atoms with Gasteiger partial charge in [0.25, 0.3) is 11.8 Å². The Labute approximate surface area is 146 Å². The summed E-state index contributed by atoms with van der Waals surface area (Å²) < 4.78 is 4.83. The van der Waals surface area contributed by atoms with Gasteiger partial charge in [-0.3, -0.25) is 14.4 Å². The number of amides is 2. The Morgan fingerprint density at radius 3 is 2.16 bits per heavy atom. The molecule has 0 aromatic heterocycles. The van der Waals surface area contributed by atoms with E-state index in [1.165, 1.54) is 0 Å². The van der Waals surface area contributed by atoms with Crippen LogP contribution in [0.15, 0.2) is 60.7 Å². The van der Waals surface area contributed by atoms with Gasteiger partial charge >= 0.3 is 5.97 Å². The molecule has 0 saturated carbocycles.